The summed E-state index contributed by atoms with van der Waals surface area (Å²) in [6, 6.07) is 14.6. The lowest BCUT2D eigenvalue weighted by Gasteiger charge is -2.22. The summed E-state index contributed by atoms with van der Waals surface area (Å²) in [6.45, 7) is 2.44. The molecule has 0 spiro atoms. The number of furan rings is 1. The third-order valence-electron chi connectivity index (χ3n) is 5.09. The summed E-state index contributed by atoms with van der Waals surface area (Å²) >= 11 is 0. The van der Waals surface area contributed by atoms with Crippen molar-refractivity contribution < 1.29 is 13.9 Å². The molecule has 0 saturated carbocycles. The molecule has 4 rings (SSSR count). The molecule has 7 nitrogen and oxygen atoms in total. The van der Waals surface area contributed by atoms with Crippen LogP contribution in [0.25, 0.3) is 21.9 Å². The Morgan fingerprint density at radius 3 is 2.79 bits per heavy atom. The highest BCUT2D eigenvalue weighted by atomic mass is 16.5. The summed E-state index contributed by atoms with van der Waals surface area (Å²) in [5.41, 5.74) is 1.41. The topological polar surface area (TPSA) is 88.4 Å². The molecule has 148 valence electrons. The molecule has 29 heavy (non-hydrogen) atoms. The summed E-state index contributed by atoms with van der Waals surface area (Å²) in [5, 5.41) is 1.48. The van der Waals surface area contributed by atoms with E-state index in [0.717, 1.165) is 16.7 Å². The van der Waals surface area contributed by atoms with Gasteiger partial charge < -0.3 is 14.1 Å². The Labute approximate surface area is 166 Å². The normalized spacial score (nSPS) is 12.6. The number of hydrogen-bond acceptors (Lipinski definition) is 6. The summed E-state index contributed by atoms with van der Waals surface area (Å²) < 4.78 is 10.7. The molecule has 1 atom stereocenters. The lowest BCUT2D eigenvalue weighted by atomic mass is 10.1. The molecular formula is C22H21N3O4. The predicted molar refractivity (Wildman–Crippen MR) is 110 cm³/mol. The maximum atomic E-state index is 12.4. The average molecular weight is 391 g/mol. The fourth-order valence-corrected chi connectivity index (χ4v) is 3.31. The van der Waals surface area contributed by atoms with Crippen LogP contribution < -0.4 is 5.56 Å². The first-order valence-electron chi connectivity index (χ1n) is 9.26. The Bertz CT molecular complexity index is 1220. The van der Waals surface area contributed by atoms with E-state index in [2.05, 4.69) is 9.97 Å². The van der Waals surface area contributed by atoms with Gasteiger partial charge in [0.25, 0.3) is 5.56 Å². The minimum Gasteiger partial charge on any atom is -0.465 e. The number of aromatic nitrogens is 2. The number of benzene rings is 2. The van der Waals surface area contributed by atoms with E-state index in [1.165, 1.54) is 7.11 Å². The number of esters is 1. The van der Waals surface area contributed by atoms with Crippen molar-refractivity contribution in [2.45, 2.75) is 19.5 Å². The lowest BCUT2D eigenvalue weighted by molar-refractivity contribution is 0.0601. The number of nitrogens with zero attached hydrogens (tertiary/aromatic N) is 2. The minimum absolute atomic E-state index is 0.0233. The molecule has 4 aromatic rings. The molecule has 2 heterocycles. The molecule has 0 unspecified atom stereocenters. The molecule has 0 amide bonds. The van der Waals surface area contributed by atoms with Crippen molar-refractivity contribution in [1.82, 2.24) is 14.9 Å². The fraction of sp³-hybridized carbons (Fsp3) is 0.227. The molecule has 2 aromatic carbocycles. The van der Waals surface area contributed by atoms with E-state index in [1.54, 1.807) is 18.2 Å². The van der Waals surface area contributed by atoms with Gasteiger partial charge in [0.2, 0.25) is 0 Å². The lowest BCUT2D eigenvalue weighted by Crippen LogP contribution is -2.24. The van der Waals surface area contributed by atoms with Crippen molar-refractivity contribution in [3.63, 3.8) is 0 Å². The van der Waals surface area contributed by atoms with E-state index in [9.17, 15) is 9.59 Å². The largest absolute Gasteiger partial charge is 0.465 e. The molecule has 2 aromatic heterocycles. The number of H-pyrrole nitrogens is 1. The van der Waals surface area contributed by atoms with Gasteiger partial charge in [0.1, 0.15) is 17.2 Å². The second kappa shape index (κ2) is 7.52. The standard InChI is InChI=1S/C22H21N3O4/c1-13(19-11-14-6-4-5-7-18(14)29-19)25(2)12-20-23-17-10-15(22(27)28-3)8-9-16(17)21(26)24-20/h4-11,13H,12H2,1-3H3,(H,23,24,26)/t13-/m1/s1. The van der Waals surface area contributed by atoms with E-state index in [1.807, 2.05) is 49.2 Å². The summed E-state index contributed by atoms with van der Waals surface area (Å²) in [5.74, 6) is 0.881. The molecule has 0 fully saturated rings. The molecule has 0 aliphatic carbocycles. The first kappa shape index (κ1) is 18.9. The maximum absolute atomic E-state index is 12.4. The second-order valence-corrected chi connectivity index (χ2v) is 7.01. The van der Waals surface area contributed by atoms with Crippen LogP contribution in [-0.2, 0) is 11.3 Å². The van der Waals surface area contributed by atoms with Crippen LogP contribution in [-0.4, -0.2) is 35.0 Å². The van der Waals surface area contributed by atoms with Gasteiger partial charge in [-0.15, -0.1) is 0 Å². The summed E-state index contributed by atoms with van der Waals surface area (Å²) in [4.78, 5) is 33.6. The highest BCUT2D eigenvalue weighted by Crippen LogP contribution is 2.27. The number of aromatic amines is 1. The third-order valence-corrected chi connectivity index (χ3v) is 5.09. The molecule has 1 N–H and O–H groups in total. The highest BCUT2D eigenvalue weighted by Gasteiger charge is 2.18. The molecule has 0 bridgehead atoms. The van der Waals surface area contributed by atoms with Gasteiger partial charge >= 0.3 is 5.97 Å². The smallest absolute Gasteiger partial charge is 0.337 e. The quantitative estimate of drug-likeness (QED) is 0.523. The number of hydrogen-bond donors (Lipinski definition) is 1. The number of para-hydroxylation sites is 1. The van der Waals surface area contributed by atoms with Gasteiger partial charge in [-0.3, -0.25) is 9.69 Å². The molecular weight excluding hydrogens is 370 g/mol. The molecule has 0 aliphatic rings. The van der Waals surface area contributed by atoms with Crippen LogP contribution in [0.1, 0.15) is 34.9 Å². The zero-order chi connectivity index (χ0) is 20.5. The minimum atomic E-state index is -0.467. The number of nitrogens with one attached hydrogen (secondary N) is 1. The Hall–Kier alpha value is -3.45. The Kier molecular flexibility index (Phi) is 4.90. The monoisotopic (exact) mass is 391 g/mol. The van der Waals surface area contributed by atoms with Crippen LogP contribution in [0.2, 0.25) is 0 Å². The number of methoxy groups -OCH3 is 1. The van der Waals surface area contributed by atoms with Crippen molar-refractivity contribution in [3.05, 3.63) is 76.0 Å². The Morgan fingerprint density at radius 1 is 1.24 bits per heavy atom. The number of carbonyl (C=O) groups excluding carboxylic acids is 1. The van der Waals surface area contributed by atoms with Gasteiger partial charge in [0.15, 0.2) is 0 Å². The van der Waals surface area contributed by atoms with E-state index in [0.29, 0.717) is 28.8 Å². The van der Waals surface area contributed by atoms with Crippen LogP contribution in [0, 0.1) is 0 Å². The van der Waals surface area contributed by atoms with E-state index in [-0.39, 0.29) is 11.6 Å². The van der Waals surface area contributed by atoms with Crippen molar-refractivity contribution in [3.8, 4) is 0 Å². The molecule has 0 aliphatic heterocycles. The van der Waals surface area contributed by atoms with Gasteiger partial charge in [-0.1, -0.05) is 18.2 Å². The van der Waals surface area contributed by atoms with Gasteiger partial charge in [0.05, 0.1) is 36.2 Å². The number of carbonyl (C=O) groups is 1. The zero-order valence-electron chi connectivity index (χ0n) is 16.4. The number of rotatable bonds is 5. The van der Waals surface area contributed by atoms with Crippen LogP contribution in [0.3, 0.4) is 0 Å². The first-order chi connectivity index (χ1) is 14.0. The molecule has 0 saturated heterocycles. The van der Waals surface area contributed by atoms with Crippen LogP contribution in [0.4, 0.5) is 0 Å². The van der Waals surface area contributed by atoms with Crippen molar-refractivity contribution in [2.24, 2.45) is 0 Å². The van der Waals surface area contributed by atoms with Crippen molar-refractivity contribution >= 4 is 27.8 Å². The molecule has 0 radical (unpaired) electrons. The van der Waals surface area contributed by atoms with Gasteiger partial charge in [-0.2, -0.15) is 0 Å². The highest BCUT2D eigenvalue weighted by molar-refractivity contribution is 5.93. The Morgan fingerprint density at radius 2 is 2.03 bits per heavy atom. The van der Waals surface area contributed by atoms with Crippen LogP contribution in [0.15, 0.2) is 57.7 Å². The third kappa shape index (κ3) is 3.64. The predicted octanol–water partition coefficient (Wildman–Crippen LogP) is 3.65. The molecule has 7 heteroatoms. The average Bonchev–Trinajstić information content (AvgIpc) is 3.16. The van der Waals surface area contributed by atoms with Crippen molar-refractivity contribution in [2.75, 3.05) is 14.2 Å². The summed E-state index contributed by atoms with van der Waals surface area (Å²) in [6.07, 6.45) is 0. The van der Waals surface area contributed by atoms with E-state index in [4.69, 9.17) is 9.15 Å². The number of ether oxygens (including phenoxy) is 1. The zero-order valence-corrected chi connectivity index (χ0v) is 16.4. The number of fused-ring (bicyclic) bond motifs is 2. The van der Waals surface area contributed by atoms with Crippen LogP contribution >= 0.6 is 0 Å². The fourth-order valence-electron chi connectivity index (χ4n) is 3.31. The first-order valence-corrected chi connectivity index (χ1v) is 9.26. The SMILES string of the molecule is COC(=O)c1ccc2c(=O)[nH]c(CN(C)[C@H](C)c3cc4ccccc4o3)nc2c1. The van der Waals surface area contributed by atoms with Gasteiger partial charge in [0, 0.05) is 5.39 Å². The van der Waals surface area contributed by atoms with Gasteiger partial charge in [-0.05, 0) is 44.3 Å². The van der Waals surface area contributed by atoms with Crippen molar-refractivity contribution in [1.29, 1.82) is 0 Å². The van der Waals surface area contributed by atoms with Crippen LogP contribution in [0.5, 0.6) is 0 Å². The van der Waals surface area contributed by atoms with Gasteiger partial charge in [-0.25, -0.2) is 9.78 Å². The maximum Gasteiger partial charge on any atom is 0.337 e. The Balaban J connectivity index is 1.61. The summed E-state index contributed by atoms with van der Waals surface area (Å²) in [7, 11) is 3.25. The van der Waals surface area contributed by atoms with E-state index < -0.39 is 5.97 Å². The van der Waals surface area contributed by atoms with E-state index >= 15 is 0 Å². The second-order valence-electron chi connectivity index (χ2n) is 7.01.